The van der Waals surface area contributed by atoms with Crippen molar-refractivity contribution in [1.29, 1.82) is 0 Å². The minimum atomic E-state index is -0.501. The zero-order chi connectivity index (χ0) is 11.1. The van der Waals surface area contributed by atoms with E-state index in [1.165, 1.54) is 0 Å². The Morgan fingerprint density at radius 3 is 2.93 bits per heavy atom. The van der Waals surface area contributed by atoms with Gasteiger partial charge in [0, 0.05) is 13.0 Å². The molecule has 1 saturated heterocycles. The number of aliphatic hydroxyl groups is 2. The van der Waals surface area contributed by atoms with Crippen molar-refractivity contribution in [2.45, 2.75) is 25.0 Å². The molecule has 0 amide bonds. The van der Waals surface area contributed by atoms with Crippen LogP contribution in [-0.2, 0) is 0 Å². The lowest BCUT2D eigenvalue weighted by molar-refractivity contribution is 0.159. The molecule has 2 heterocycles. The fourth-order valence-corrected chi connectivity index (χ4v) is 2.68. The maximum absolute atomic E-state index is 9.62. The average Bonchev–Trinajstić information content (AvgIpc) is 2.71. The van der Waals surface area contributed by atoms with E-state index in [0.717, 1.165) is 11.7 Å². The molecule has 2 rings (SSSR count). The van der Waals surface area contributed by atoms with Crippen molar-refractivity contribution in [3.05, 3.63) is 5.15 Å². The molecule has 0 saturated carbocycles. The van der Waals surface area contributed by atoms with Gasteiger partial charge in [-0.05, 0) is 6.92 Å². The van der Waals surface area contributed by atoms with Crippen LogP contribution in [0, 0.1) is 0 Å². The summed E-state index contributed by atoms with van der Waals surface area (Å²) < 4.78 is 7.96. The van der Waals surface area contributed by atoms with Gasteiger partial charge in [-0.1, -0.05) is 11.6 Å². The van der Waals surface area contributed by atoms with Crippen molar-refractivity contribution in [2.75, 3.05) is 18.1 Å². The van der Waals surface area contributed by atoms with Gasteiger partial charge < -0.3 is 15.1 Å². The minimum absolute atomic E-state index is 0.0437. The molecule has 0 bridgehead atoms. The van der Waals surface area contributed by atoms with Gasteiger partial charge in [0.05, 0.1) is 30.0 Å². The van der Waals surface area contributed by atoms with Crippen LogP contribution in [0.2, 0.25) is 5.15 Å². The third-order valence-electron chi connectivity index (χ3n) is 2.75. The van der Waals surface area contributed by atoms with Crippen LogP contribution in [0.15, 0.2) is 0 Å². The molecule has 1 aliphatic rings. The lowest BCUT2D eigenvalue weighted by Crippen LogP contribution is -2.44. The first-order valence-corrected chi connectivity index (χ1v) is 5.72. The average molecular weight is 250 g/mol. The molecule has 1 aromatic rings. The van der Waals surface area contributed by atoms with Crippen LogP contribution in [-0.4, -0.2) is 43.8 Å². The van der Waals surface area contributed by atoms with Crippen LogP contribution in [0.3, 0.4) is 0 Å². The molecule has 0 aromatic carbocycles. The number of hydrogen-bond donors (Lipinski definition) is 2. The van der Waals surface area contributed by atoms with E-state index in [4.69, 9.17) is 11.6 Å². The largest absolute Gasteiger partial charge is 0.394 e. The van der Waals surface area contributed by atoms with Crippen molar-refractivity contribution < 1.29 is 10.2 Å². The number of β-amino-alcohol motifs (C(OH)–C–C–N with tert-alkyl or cyclic N) is 1. The maximum atomic E-state index is 9.62. The van der Waals surface area contributed by atoms with Crippen LogP contribution in [0.1, 0.15) is 13.3 Å². The Morgan fingerprint density at radius 1 is 1.67 bits per heavy atom. The number of aliphatic hydroxyl groups excluding tert-OH is 2. The lowest BCUT2D eigenvalue weighted by Gasteiger charge is -2.33. The smallest absolute Gasteiger partial charge is 0.187 e. The van der Waals surface area contributed by atoms with Gasteiger partial charge in [0.2, 0.25) is 0 Å². The van der Waals surface area contributed by atoms with E-state index in [0.29, 0.717) is 23.9 Å². The Bertz CT molecular complexity index is 361. The van der Waals surface area contributed by atoms with Gasteiger partial charge in [0.15, 0.2) is 11.0 Å². The Balaban J connectivity index is 2.32. The summed E-state index contributed by atoms with van der Waals surface area (Å²) in [4.78, 5) is 1.82. The third kappa shape index (κ3) is 1.82. The molecule has 1 fully saturated rings. The quantitative estimate of drug-likeness (QED) is 0.800. The predicted octanol–water partition coefficient (Wildman–Crippen LogP) is 0.514. The first kappa shape index (κ1) is 11.1. The molecule has 0 spiro atoms. The Morgan fingerprint density at radius 2 is 2.40 bits per heavy atom. The molecule has 2 unspecified atom stereocenters. The van der Waals surface area contributed by atoms with E-state index in [1.54, 1.807) is 0 Å². The SMILES string of the molecule is CC1(CO)CC(O)CN1c1nsnc1Cl. The number of rotatable bonds is 2. The van der Waals surface area contributed by atoms with Gasteiger partial charge in [-0.25, -0.2) is 0 Å². The second kappa shape index (κ2) is 3.86. The molecule has 1 aliphatic heterocycles. The van der Waals surface area contributed by atoms with Crippen LogP contribution in [0.4, 0.5) is 5.82 Å². The first-order chi connectivity index (χ1) is 7.07. The van der Waals surface area contributed by atoms with Gasteiger partial charge in [-0.15, -0.1) is 0 Å². The second-order valence-corrected chi connectivity index (χ2v) is 4.89. The first-order valence-electron chi connectivity index (χ1n) is 4.61. The molecule has 1 aromatic heterocycles. The molecule has 15 heavy (non-hydrogen) atoms. The zero-order valence-corrected chi connectivity index (χ0v) is 9.79. The highest BCUT2D eigenvalue weighted by molar-refractivity contribution is 6.99. The Kier molecular flexibility index (Phi) is 2.85. The summed E-state index contributed by atoms with van der Waals surface area (Å²) in [6.07, 6.45) is 0.0529. The molecule has 2 atom stereocenters. The van der Waals surface area contributed by atoms with Crippen LogP contribution in [0.5, 0.6) is 0 Å². The van der Waals surface area contributed by atoms with E-state index in [1.807, 2.05) is 11.8 Å². The Hall–Kier alpha value is -0.430. The third-order valence-corrected chi connectivity index (χ3v) is 3.62. The topological polar surface area (TPSA) is 69.5 Å². The van der Waals surface area contributed by atoms with Gasteiger partial charge in [0.25, 0.3) is 0 Å². The van der Waals surface area contributed by atoms with Gasteiger partial charge in [-0.2, -0.15) is 8.75 Å². The summed E-state index contributed by atoms with van der Waals surface area (Å²) in [6.45, 7) is 2.26. The monoisotopic (exact) mass is 249 g/mol. The summed E-state index contributed by atoms with van der Waals surface area (Å²) in [5.41, 5.74) is -0.501. The molecule has 0 radical (unpaired) electrons. The molecular formula is C8H12ClN3O2S. The second-order valence-electron chi connectivity index (χ2n) is 4.00. The van der Waals surface area contributed by atoms with Crippen LogP contribution in [0.25, 0.3) is 0 Å². The van der Waals surface area contributed by atoms with E-state index >= 15 is 0 Å². The highest BCUT2D eigenvalue weighted by atomic mass is 35.5. The normalized spacial score (nSPS) is 31.2. The van der Waals surface area contributed by atoms with Crippen molar-refractivity contribution >= 4 is 29.1 Å². The molecule has 84 valence electrons. The number of hydrogen-bond acceptors (Lipinski definition) is 6. The lowest BCUT2D eigenvalue weighted by atomic mass is 10.00. The molecule has 2 N–H and O–H groups in total. The fraction of sp³-hybridized carbons (Fsp3) is 0.750. The summed E-state index contributed by atoms with van der Waals surface area (Å²) in [6, 6.07) is 0. The van der Waals surface area contributed by atoms with Crippen molar-refractivity contribution in [3.8, 4) is 0 Å². The molecule has 5 nitrogen and oxygen atoms in total. The molecule has 0 aliphatic carbocycles. The number of aromatic nitrogens is 2. The predicted molar refractivity (Wildman–Crippen MR) is 58.4 cm³/mol. The van der Waals surface area contributed by atoms with Gasteiger partial charge >= 0.3 is 0 Å². The maximum Gasteiger partial charge on any atom is 0.187 e. The van der Waals surface area contributed by atoms with Crippen LogP contribution >= 0.6 is 23.3 Å². The molecular weight excluding hydrogens is 238 g/mol. The number of nitrogens with zero attached hydrogens (tertiary/aromatic N) is 3. The summed E-state index contributed by atoms with van der Waals surface area (Å²) in [5, 5.41) is 19.3. The van der Waals surface area contributed by atoms with Crippen molar-refractivity contribution in [3.63, 3.8) is 0 Å². The van der Waals surface area contributed by atoms with E-state index in [2.05, 4.69) is 8.75 Å². The number of halogens is 1. The minimum Gasteiger partial charge on any atom is -0.394 e. The van der Waals surface area contributed by atoms with Crippen molar-refractivity contribution in [2.24, 2.45) is 0 Å². The Labute approximate surface area is 96.6 Å². The van der Waals surface area contributed by atoms with E-state index in [-0.39, 0.29) is 6.61 Å². The molecule has 7 heteroatoms. The van der Waals surface area contributed by atoms with E-state index in [9.17, 15) is 10.2 Å². The fourth-order valence-electron chi connectivity index (χ4n) is 1.94. The summed E-state index contributed by atoms with van der Waals surface area (Å²) in [5.74, 6) is 0.551. The zero-order valence-electron chi connectivity index (χ0n) is 8.22. The van der Waals surface area contributed by atoms with E-state index < -0.39 is 11.6 Å². The van der Waals surface area contributed by atoms with Crippen molar-refractivity contribution in [1.82, 2.24) is 8.75 Å². The summed E-state index contributed by atoms with van der Waals surface area (Å²) in [7, 11) is 0. The standard InChI is InChI=1S/C8H12ClN3O2S/c1-8(4-13)2-5(14)3-12(8)7-6(9)10-15-11-7/h5,13-14H,2-4H2,1H3. The summed E-state index contributed by atoms with van der Waals surface area (Å²) >= 11 is 6.91. The number of anilines is 1. The van der Waals surface area contributed by atoms with Gasteiger partial charge in [0.1, 0.15) is 0 Å². The van der Waals surface area contributed by atoms with Gasteiger partial charge in [-0.3, -0.25) is 0 Å². The van der Waals surface area contributed by atoms with Crippen LogP contribution < -0.4 is 4.90 Å². The highest BCUT2D eigenvalue weighted by Gasteiger charge is 2.43. The highest BCUT2D eigenvalue weighted by Crippen LogP contribution is 2.36.